The highest BCUT2D eigenvalue weighted by molar-refractivity contribution is 5.73. The molecular weight excluding hydrogens is 168 g/mol. The Morgan fingerprint density at radius 2 is 2.38 bits per heavy atom. The smallest absolute Gasteiger partial charge is 0.219 e. The van der Waals surface area contributed by atoms with Crippen molar-refractivity contribution in [3.63, 3.8) is 0 Å². The molecule has 1 aliphatic rings. The van der Waals surface area contributed by atoms with E-state index in [4.69, 9.17) is 10.5 Å². The minimum atomic E-state index is -0.295. The Balaban J connectivity index is 1.95. The zero-order valence-corrected chi connectivity index (χ0v) is 7.92. The van der Waals surface area contributed by atoms with E-state index in [1.807, 2.05) is 0 Å². The summed E-state index contributed by atoms with van der Waals surface area (Å²) in [7, 11) is 0. The lowest BCUT2D eigenvalue weighted by Crippen LogP contribution is -2.37. The van der Waals surface area contributed by atoms with E-state index in [9.17, 15) is 4.79 Å². The summed E-state index contributed by atoms with van der Waals surface area (Å²) in [5.41, 5.74) is 4.98. The molecule has 0 saturated carbocycles. The van der Waals surface area contributed by atoms with Gasteiger partial charge in [-0.3, -0.25) is 4.79 Å². The molecule has 0 bridgehead atoms. The fourth-order valence-corrected chi connectivity index (χ4v) is 1.46. The Kier molecular flexibility index (Phi) is 4.78. The van der Waals surface area contributed by atoms with Gasteiger partial charge in [0, 0.05) is 12.5 Å². The fourth-order valence-electron chi connectivity index (χ4n) is 1.46. The van der Waals surface area contributed by atoms with Gasteiger partial charge in [0.25, 0.3) is 0 Å². The highest BCUT2D eigenvalue weighted by Gasteiger charge is 2.11. The number of nitrogens with one attached hydrogen (secondary N) is 1. The number of carbonyl (C=O) groups excluding carboxylic acids is 1. The molecule has 4 nitrogen and oxygen atoms in total. The molecule has 0 aromatic heterocycles. The normalized spacial score (nSPS) is 22.9. The van der Waals surface area contributed by atoms with Crippen molar-refractivity contribution in [2.75, 3.05) is 19.8 Å². The molecule has 0 radical (unpaired) electrons. The Hall–Kier alpha value is -0.610. The van der Waals surface area contributed by atoms with E-state index in [0.29, 0.717) is 25.7 Å². The van der Waals surface area contributed by atoms with Crippen LogP contribution in [0, 0.1) is 0 Å². The van der Waals surface area contributed by atoms with Crippen molar-refractivity contribution in [2.45, 2.75) is 31.7 Å². The summed E-state index contributed by atoms with van der Waals surface area (Å²) in [5.74, 6) is -0.295. The minimum absolute atomic E-state index is 0.295. The maximum atomic E-state index is 10.4. The molecule has 1 atom stereocenters. The van der Waals surface area contributed by atoms with Gasteiger partial charge in [0.2, 0.25) is 5.91 Å². The monoisotopic (exact) mass is 186 g/mol. The van der Waals surface area contributed by atoms with E-state index in [1.165, 1.54) is 19.3 Å². The van der Waals surface area contributed by atoms with Crippen LogP contribution in [0.15, 0.2) is 0 Å². The molecule has 1 heterocycles. The third-order valence-corrected chi connectivity index (χ3v) is 2.22. The first kappa shape index (κ1) is 10.5. The topological polar surface area (TPSA) is 64.4 Å². The van der Waals surface area contributed by atoms with Gasteiger partial charge in [-0.25, -0.2) is 0 Å². The van der Waals surface area contributed by atoms with Gasteiger partial charge >= 0.3 is 0 Å². The predicted octanol–water partition coefficient (Wildman–Crippen LogP) is 0.0205. The van der Waals surface area contributed by atoms with Crippen molar-refractivity contribution >= 4 is 5.91 Å². The summed E-state index contributed by atoms with van der Waals surface area (Å²) in [5, 5.41) is 3.37. The molecule has 0 aliphatic carbocycles. The van der Waals surface area contributed by atoms with Gasteiger partial charge in [-0.2, -0.15) is 0 Å². The van der Waals surface area contributed by atoms with E-state index in [-0.39, 0.29) is 5.91 Å². The predicted molar refractivity (Wildman–Crippen MR) is 50.3 cm³/mol. The average molecular weight is 186 g/mol. The fraction of sp³-hybridized carbons (Fsp3) is 0.889. The molecule has 1 rings (SSSR count). The lowest BCUT2D eigenvalue weighted by molar-refractivity contribution is -0.119. The highest BCUT2D eigenvalue weighted by atomic mass is 16.5. The zero-order valence-electron chi connectivity index (χ0n) is 7.92. The van der Waals surface area contributed by atoms with Gasteiger partial charge < -0.3 is 15.8 Å². The number of hydrogen-bond acceptors (Lipinski definition) is 3. The number of rotatable bonds is 5. The lowest BCUT2D eigenvalue weighted by Gasteiger charge is -2.22. The summed E-state index contributed by atoms with van der Waals surface area (Å²) in [4.78, 5) is 10.4. The van der Waals surface area contributed by atoms with Gasteiger partial charge in [-0.05, 0) is 19.4 Å². The summed E-state index contributed by atoms with van der Waals surface area (Å²) in [6.07, 6.45) is 4.04. The van der Waals surface area contributed by atoms with E-state index in [1.54, 1.807) is 0 Å². The molecule has 4 heteroatoms. The van der Waals surface area contributed by atoms with Crippen LogP contribution in [0.4, 0.5) is 0 Å². The van der Waals surface area contributed by atoms with Crippen LogP contribution in [0.2, 0.25) is 0 Å². The molecule has 0 aromatic rings. The maximum Gasteiger partial charge on any atom is 0.219 e. The van der Waals surface area contributed by atoms with Crippen LogP contribution in [0.25, 0.3) is 0 Å². The van der Waals surface area contributed by atoms with E-state index < -0.39 is 0 Å². The third-order valence-electron chi connectivity index (χ3n) is 2.22. The average Bonchev–Trinajstić information content (AvgIpc) is 2.14. The van der Waals surface area contributed by atoms with E-state index >= 15 is 0 Å². The highest BCUT2D eigenvalue weighted by Crippen LogP contribution is 2.06. The molecule has 1 aliphatic heterocycles. The molecule has 1 unspecified atom stereocenters. The van der Waals surface area contributed by atoms with E-state index in [2.05, 4.69) is 5.32 Å². The van der Waals surface area contributed by atoms with Crippen molar-refractivity contribution in [1.29, 1.82) is 0 Å². The Morgan fingerprint density at radius 3 is 3.00 bits per heavy atom. The molecule has 1 fully saturated rings. The molecule has 0 aromatic carbocycles. The molecule has 1 amide bonds. The molecule has 13 heavy (non-hydrogen) atoms. The summed E-state index contributed by atoms with van der Waals surface area (Å²) in [6, 6.07) is 0.474. The number of amides is 1. The number of carbonyl (C=O) groups is 1. The molecule has 76 valence electrons. The number of nitrogens with two attached hydrogens (primary N) is 1. The Bertz CT molecular complexity index is 156. The zero-order chi connectivity index (χ0) is 9.52. The quantitative estimate of drug-likeness (QED) is 0.595. The van der Waals surface area contributed by atoms with Crippen LogP contribution >= 0.6 is 0 Å². The summed E-state index contributed by atoms with van der Waals surface area (Å²) in [6.45, 7) is 2.24. The van der Waals surface area contributed by atoms with Crippen molar-refractivity contribution in [2.24, 2.45) is 5.73 Å². The van der Waals surface area contributed by atoms with Crippen molar-refractivity contribution in [1.82, 2.24) is 5.32 Å². The standard InChI is InChI=1S/C9H18N2O2/c10-9(12)4-6-13-7-8-3-1-2-5-11-8/h8,11H,1-7H2,(H2,10,12). The number of piperidine rings is 1. The first-order valence-electron chi connectivity index (χ1n) is 4.88. The van der Waals surface area contributed by atoms with Crippen LogP contribution in [0.1, 0.15) is 25.7 Å². The van der Waals surface area contributed by atoms with Gasteiger partial charge in [-0.1, -0.05) is 6.42 Å². The lowest BCUT2D eigenvalue weighted by atomic mass is 10.1. The Morgan fingerprint density at radius 1 is 1.54 bits per heavy atom. The third kappa shape index (κ3) is 4.85. The molecule has 0 spiro atoms. The van der Waals surface area contributed by atoms with Gasteiger partial charge in [-0.15, -0.1) is 0 Å². The van der Waals surface area contributed by atoms with Crippen LogP contribution in [0.5, 0.6) is 0 Å². The first-order chi connectivity index (χ1) is 6.29. The minimum Gasteiger partial charge on any atom is -0.379 e. The largest absolute Gasteiger partial charge is 0.379 e. The van der Waals surface area contributed by atoms with Crippen LogP contribution in [-0.4, -0.2) is 31.7 Å². The maximum absolute atomic E-state index is 10.4. The number of hydrogen-bond donors (Lipinski definition) is 2. The molecule has 3 N–H and O–H groups in total. The second-order valence-corrected chi connectivity index (χ2v) is 3.44. The van der Waals surface area contributed by atoms with Gasteiger partial charge in [0.15, 0.2) is 0 Å². The Labute approximate surface area is 78.8 Å². The van der Waals surface area contributed by atoms with Crippen LogP contribution in [0.3, 0.4) is 0 Å². The van der Waals surface area contributed by atoms with Crippen molar-refractivity contribution in [3.05, 3.63) is 0 Å². The number of ether oxygens (including phenoxy) is 1. The van der Waals surface area contributed by atoms with Crippen molar-refractivity contribution in [3.8, 4) is 0 Å². The summed E-state index contributed by atoms with van der Waals surface area (Å²) >= 11 is 0. The molecule has 1 saturated heterocycles. The summed E-state index contributed by atoms with van der Waals surface area (Å²) < 4.78 is 5.32. The van der Waals surface area contributed by atoms with Gasteiger partial charge in [0.1, 0.15) is 0 Å². The first-order valence-corrected chi connectivity index (χ1v) is 4.88. The second-order valence-electron chi connectivity index (χ2n) is 3.44. The van der Waals surface area contributed by atoms with Crippen molar-refractivity contribution < 1.29 is 9.53 Å². The van der Waals surface area contributed by atoms with Crippen LogP contribution < -0.4 is 11.1 Å². The van der Waals surface area contributed by atoms with Gasteiger partial charge in [0.05, 0.1) is 13.2 Å². The second kappa shape index (κ2) is 5.94. The van der Waals surface area contributed by atoms with Crippen LogP contribution in [-0.2, 0) is 9.53 Å². The SMILES string of the molecule is NC(=O)CCOCC1CCCCN1. The molecular formula is C9H18N2O2. The van der Waals surface area contributed by atoms with E-state index in [0.717, 1.165) is 6.54 Å². The number of primary amides is 1.